The third kappa shape index (κ3) is 1.90. The van der Waals surface area contributed by atoms with Gasteiger partial charge in [0.15, 0.2) is 0 Å². The molecule has 0 aliphatic rings. The van der Waals surface area contributed by atoms with Crippen molar-refractivity contribution in [3.63, 3.8) is 0 Å². The van der Waals surface area contributed by atoms with Gasteiger partial charge < -0.3 is 0 Å². The normalized spacial score (nSPS) is 10.8. The molecule has 1 aromatic rings. The first-order valence-corrected chi connectivity index (χ1v) is 4.71. The molecule has 0 bridgehead atoms. The van der Waals surface area contributed by atoms with E-state index < -0.39 is 12.2 Å². The molecule has 66 valence electrons. The van der Waals surface area contributed by atoms with Crippen molar-refractivity contribution in [2.24, 2.45) is 0 Å². The molecule has 5 heteroatoms. The topological polar surface area (TPSA) is 17.1 Å². The number of hydrogen-bond donors (Lipinski definition) is 0. The molecule has 1 rings (SSSR count). The first kappa shape index (κ1) is 9.80. The summed E-state index contributed by atoms with van der Waals surface area (Å²) in [4.78, 5) is 11.7. The van der Waals surface area contributed by atoms with Gasteiger partial charge in [0.05, 0.1) is 4.88 Å². The fourth-order valence-corrected chi connectivity index (χ4v) is 2.53. The zero-order chi connectivity index (χ0) is 9.30. The van der Waals surface area contributed by atoms with E-state index in [9.17, 15) is 13.6 Å². The summed E-state index contributed by atoms with van der Waals surface area (Å²) < 4.78 is 24.3. The number of Topliss-reactive ketones (excluding diaryl/α,β-unsaturated/α-hetero) is 1. The summed E-state index contributed by atoms with van der Waals surface area (Å²) in [7, 11) is 0. The highest BCUT2D eigenvalue weighted by Crippen LogP contribution is 2.28. The highest BCUT2D eigenvalue weighted by molar-refractivity contribution is 9.10. The van der Waals surface area contributed by atoms with Crippen LogP contribution < -0.4 is 0 Å². The molecule has 0 radical (unpaired) electrons. The second-order valence-electron chi connectivity index (χ2n) is 2.20. The molecular formula is C7H5BrF2OS. The van der Waals surface area contributed by atoms with Gasteiger partial charge in [-0.2, -0.15) is 0 Å². The van der Waals surface area contributed by atoms with E-state index in [0.29, 0.717) is 4.47 Å². The molecule has 0 saturated carbocycles. The van der Waals surface area contributed by atoms with Gasteiger partial charge >= 0.3 is 6.43 Å². The number of thiophene rings is 1. The fraction of sp³-hybridized carbons (Fsp3) is 0.286. The molecule has 1 heterocycles. The maximum atomic E-state index is 11.9. The minimum absolute atomic E-state index is 0.0995. The van der Waals surface area contributed by atoms with Gasteiger partial charge in [-0.3, -0.25) is 4.79 Å². The van der Waals surface area contributed by atoms with Crippen molar-refractivity contribution in [2.75, 3.05) is 0 Å². The lowest BCUT2D eigenvalue weighted by Crippen LogP contribution is -2.08. The molecule has 0 aliphatic heterocycles. The quantitative estimate of drug-likeness (QED) is 0.741. The number of carbonyl (C=O) groups is 1. The largest absolute Gasteiger partial charge is 0.301 e. The summed E-state index contributed by atoms with van der Waals surface area (Å²) in [5.74, 6) is -1.11. The summed E-state index contributed by atoms with van der Waals surface area (Å²) in [5, 5.41) is 0. The Morgan fingerprint density at radius 2 is 2.25 bits per heavy atom. The van der Waals surface area contributed by atoms with E-state index in [0.717, 1.165) is 16.2 Å². The molecule has 1 nitrogen and oxygen atoms in total. The summed E-state index contributed by atoms with van der Waals surface area (Å²) in [6.45, 7) is 1.76. The van der Waals surface area contributed by atoms with Crippen LogP contribution in [-0.4, -0.2) is 12.2 Å². The van der Waals surface area contributed by atoms with Gasteiger partial charge in [-0.05, 0) is 28.9 Å². The van der Waals surface area contributed by atoms with Gasteiger partial charge in [0.25, 0.3) is 0 Å². The molecule has 0 aliphatic carbocycles. The second-order valence-corrected chi connectivity index (χ2v) is 4.31. The Morgan fingerprint density at radius 1 is 1.67 bits per heavy atom. The molecule has 0 aromatic carbocycles. The van der Waals surface area contributed by atoms with Gasteiger partial charge in [0.2, 0.25) is 5.78 Å². The molecule has 1 aromatic heterocycles. The standard InChI is InChI=1S/C7H5BrF2OS/c1-3-2-4(8)6(12-3)5(11)7(9)10/h2,7H,1H3. The Hall–Kier alpha value is -0.290. The van der Waals surface area contributed by atoms with E-state index in [-0.39, 0.29) is 4.88 Å². The Bertz CT molecular complexity index is 308. The zero-order valence-electron chi connectivity index (χ0n) is 6.11. The number of alkyl halides is 2. The third-order valence-corrected chi connectivity index (χ3v) is 3.18. The monoisotopic (exact) mass is 254 g/mol. The number of hydrogen-bond acceptors (Lipinski definition) is 2. The van der Waals surface area contributed by atoms with Crippen LogP contribution in [0.25, 0.3) is 0 Å². The van der Waals surface area contributed by atoms with Crippen molar-refractivity contribution in [2.45, 2.75) is 13.3 Å². The first-order valence-electron chi connectivity index (χ1n) is 3.10. The minimum atomic E-state index is -2.92. The average molecular weight is 255 g/mol. The molecular weight excluding hydrogens is 250 g/mol. The van der Waals surface area contributed by atoms with E-state index in [1.54, 1.807) is 13.0 Å². The highest BCUT2D eigenvalue weighted by atomic mass is 79.9. The van der Waals surface area contributed by atoms with Crippen molar-refractivity contribution < 1.29 is 13.6 Å². The van der Waals surface area contributed by atoms with E-state index in [1.165, 1.54) is 0 Å². The molecule has 0 fully saturated rings. The minimum Gasteiger partial charge on any atom is -0.287 e. The van der Waals surface area contributed by atoms with Crippen LogP contribution in [0.2, 0.25) is 0 Å². The molecule has 0 atom stereocenters. The smallest absolute Gasteiger partial charge is 0.287 e. The van der Waals surface area contributed by atoms with Crippen LogP contribution in [-0.2, 0) is 0 Å². The predicted molar refractivity (Wildman–Crippen MR) is 47.1 cm³/mol. The van der Waals surface area contributed by atoms with Crippen molar-refractivity contribution in [1.82, 2.24) is 0 Å². The number of halogens is 3. The number of carbonyl (C=O) groups excluding carboxylic acids is 1. The van der Waals surface area contributed by atoms with Crippen LogP contribution in [0.15, 0.2) is 10.5 Å². The lowest BCUT2D eigenvalue weighted by molar-refractivity contribution is 0.0682. The van der Waals surface area contributed by atoms with E-state index in [4.69, 9.17) is 0 Å². The van der Waals surface area contributed by atoms with Gasteiger partial charge in [0, 0.05) is 9.35 Å². The SMILES string of the molecule is Cc1cc(Br)c(C(=O)C(F)F)s1. The molecule has 0 N–H and O–H groups in total. The van der Waals surface area contributed by atoms with Crippen molar-refractivity contribution in [3.8, 4) is 0 Å². The Labute approximate surface area is 80.5 Å². The number of rotatable bonds is 2. The maximum absolute atomic E-state index is 11.9. The predicted octanol–water partition coefficient (Wildman–Crippen LogP) is 3.27. The Kier molecular flexibility index (Phi) is 2.95. The summed E-state index contributed by atoms with van der Waals surface area (Å²) in [6, 6.07) is 1.65. The van der Waals surface area contributed by atoms with Crippen molar-refractivity contribution in [3.05, 3.63) is 20.3 Å². The summed E-state index contributed by atoms with van der Waals surface area (Å²) >= 11 is 4.12. The Balaban J connectivity index is 3.02. The van der Waals surface area contributed by atoms with Crippen molar-refractivity contribution in [1.29, 1.82) is 0 Å². The van der Waals surface area contributed by atoms with Crippen molar-refractivity contribution >= 4 is 33.0 Å². The zero-order valence-corrected chi connectivity index (χ0v) is 8.51. The molecule has 0 saturated heterocycles. The lowest BCUT2D eigenvalue weighted by Gasteiger charge is -1.94. The van der Waals surface area contributed by atoms with Crippen LogP contribution in [0.1, 0.15) is 14.5 Å². The first-order chi connectivity index (χ1) is 5.52. The van der Waals surface area contributed by atoms with Gasteiger partial charge in [0.1, 0.15) is 0 Å². The van der Waals surface area contributed by atoms with Gasteiger partial charge in [-0.1, -0.05) is 0 Å². The third-order valence-electron chi connectivity index (χ3n) is 1.23. The number of ketones is 1. The van der Waals surface area contributed by atoms with E-state index in [1.807, 2.05) is 0 Å². The van der Waals surface area contributed by atoms with Crippen LogP contribution in [0.3, 0.4) is 0 Å². The molecule has 0 unspecified atom stereocenters. The van der Waals surface area contributed by atoms with Gasteiger partial charge in [-0.25, -0.2) is 8.78 Å². The number of aryl methyl sites for hydroxylation is 1. The molecule has 0 spiro atoms. The van der Waals surface area contributed by atoms with Crippen LogP contribution in [0.5, 0.6) is 0 Å². The fourth-order valence-electron chi connectivity index (χ4n) is 0.750. The summed E-state index contributed by atoms with van der Waals surface area (Å²) in [5.41, 5.74) is 0. The highest BCUT2D eigenvalue weighted by Gasteiger charge is 2.22. The van der Waals surface area contributed by atoms with E-state index in [2.05, 4.69) is 15.9 Å². The average Bonchev–Trinajstić information content (AvgIpc) is 2.28. The van der Waals surface area contributed by atoms with E-state index >= 15 is 0 Å². The van der Waals surface area contributed by atoms with Crippen LogP contribution >= 0.6 is 27.3 Å². The summed E-state index contributed by atoms with van der Waals surface area (Å²) in [6.07, 6.45) is -2.92. The Morgan fingerprint density at radius 3 is 2.58 bits per heavy atom. The van der Waals surface area contributed by atoms with Crippen LogP contribution in [0.4, 0.5) is 8.78 Å². The maximum Gasteiger partial charge on any atom is 0.301 e. The molecule has 0 amide bonds. The second kappa shape index (κ2) is 3.62. The van der Waals surface area contributed by atoms with Crippen LogP contribution in [0, 0.1) is 6.92 Å². The molecule has 12 heavy (non-hydrogen) atoms. The lowest BCUT2D eigenvalue weighted by atomic mass is 10.3. The van der Waals surface area contributed by atoms with Gasteiger partial charge in [-0.15, -0.1) is 11.3 Å².